The summed E-state index contributed by atoms with van der Waals surface area (Å²) < 4.78 is 38.3. The van der Waals surface area contributed by atoms with Crippen LogP contribution in [0.1, 0.15) is 19.0 Å². The normalized spacial score (nSPS) is 19.5. The van der Waals surface area contributed by atoms with Crippen LogP contribution in [0.5, 0.6) is 0 Å². The monoisotopic (exact) mass is 292 g/mol. The maximum Gasteiger partial charge on any atom is 0.433 e. The molecule has 0 spiro atoms. The summed E-state index contributed by atoms with van der Waals surface area (Å²) in [6.45, 7) is 2.25. The molecule has 8 heteroatoms. The Morgan fingerprint density at radius 1 is 1.42 bits per heavy atom. The molecule has 0 aromatic carbocycles. The standard InChI is InChI=1S/C11H15F3N4S/c1-2-15-10-17-8(11(12,13)14)5-9(18-10)16-7-3-4-19-6-7/h5,7H,2-4,6H2,1H3,(H2,15,16,17,18). The minimum Gasteiger partial charge on any atom is -0.366 e. The van der Waals surface area contributed by atoms with Gasteiger partial charge >= 0.3 is 6.18 Å². The topological polar surface area (TPSA) is 49.8 Å². The number of alkyl halides is 3. The van der Waals surface area contributed by atoms with Gasteiger partial charge in [0.1, 0.15) is 5.82 Å². The highest BCUT2D eigenvalue weighted by molar-refractivity contribution is 7.99. The second-order valence-corrected chi connectivity index (χ2v) is 5.34. The van der Waals surface area contributed by atoms with Gasteiger partial charge in [0.15, 0.2) is 5.69 Å². The largest absolute Gasteiger partial charge is 0.433 e. The first-order chi connectivity index (χ1) is 8.99. The van der Waals surface area contributed by atoms with Gasteiger partial charge in [0.05, 0.1) is 0 Å². The number of anilines is 2. The van der Waals surface area contributed by atoms with Gasteiger partial charge in [-0.2, -0.15) is 29.9 Å². The van der Waals surface area contributed by atoms with Gasteiger partial charge in [-0.15, -0.1) is 0 Å². The third kappa shape index (κ3) is 3.89. The minimum atomic E-state index is -4.46. The fraction of sp³-hybridized carbons (Fsp3) is 0.636. The molecule has 1 aromatic rings. The molecule has 1 aromatic heterocycles. The van der Waals surface area contributed by atoms with Gasteiger partial charge < -0.3 is 10.6 Å². The van der Waals surface area contributed by atoms with E-state index in [0.717, 1.165) is 24.0 Å². The Kier molecular flexibility index (Phi) is 4.38. The van der Waals surface area contributed by atoms with Crippen molar-refractivity contribution in [1.82, 2.24) is 9.97 Å². The van der Waals surface area contributed by atoms with Gasteiger partial charge in [-0.25, -0.2) is 4.98 Å². The molecule has 1 aliphatic heterocycles. The van der Waals surface area contributed by atoms with Gasteiger partial charge in [0.25, 0.3) is 0 Å². The summed E-state index contributed by atoms with van der Waals surface area (Å²) in [6, 6.07) is 1.14. The van der Waals surface area contributed by atoms with E-state index in [-0.39, 0.29) is 17.8 Å². The second kappa shape index (κ2) is 5.85. The molecule has 2 heterocycles. The van der Waals surface area contributed by atoms with Crippen LogP contribution in [0.2, 0.25) is 0 Å². The lowest BCUT2D eigenvalue weighted by Gasteiger charge is -2.15. The fourth-order valence-electron chi connectivity index (χ4n) is 1.76. The Hall–Kier alpha value is -1.18. The molecule has 0 radical (unpaired) electrons. The lowest BCUT2D eigenvalue weighted by atomic mass is 10.2. The zero-order valence-electron chi connectivity index (χ0n) is 10.4. The molecule has 19 heavy (non-hydrogen) atoms. The third-order valence-corrected chi connectivity index (χ3v) is 3.80. The molecule has 1 saturated heterocycles. The lowest BCUT2D eigenvalue weighted by molar-refractivity contribution is -0.141. The van der Waals surface area contributed by atoms with Crippen LogP contribution in [0, 0.1) is 0 Å². The second-order valence-electron chi connectivity index (χ2n) is 4.19. The summed E-state index contributed by atoms with van der Waals surface area (Å²) in [5.41, 5.74) is -0.924. The first kappa shape index (κ1) is 14.2. The fourth-order valence-corrected chi connectivity index (χ4v) is 2.91. The predicted molar refractivity (Wildman–Crippen MR) is 70.6 cm³/mol. The number of thioether (sulfide) groups is 1. The van der Waals surface area contributed by atoms with Gasteiger partial charge in [-0.3, -0.25) is 0 Å². The van der Waals surface area contributed by atoms with E-state index < -0.39 is 11.9 Å². The van der Waals surface area contributed by atoms with E-state index in [1.807, 2.05) is 0 Å². The van der Waals surface area contributed by atoms with Crippen molar-refractivity contribution in [3.05, 3.63) is 11.8 Å². The van der Waals surface area contributed by atoms with E-state index in [9.17, 15) is 13.2 Å². The maximum atomic E-state index is 12.8. The molecule has 4 nitrogen and oxygen atoms in total. The summed E-state index contributed by atoms with van der Waals surface area (Å²) in [5, 5.41) is 5.76. The molecule has 1 aliphatic rings. The van der Waals surface area contributed by atoms with Crippen LogP contribution < -0.4 is 10.6 Å². The van der Waals surface area contributed by atoms with E-state index in [1.54, 1.807) is 18.7 Å². The van der Waals surface area contributed by atoms with Gasteiger partial charge in [0, 0.05) is 24.4 Å². The molecular formula is C11H15F3N4S. The molecule has 0 amide bonds. The molecule has 0 aliphatic carbocycles. The molecule has 106 valence electrons. The summed E-state index contributed by atoms with van der Waals surface area (Å²) in [6.07, 6.45) is -3.53. The van der Waals surface area contributed by atoms with E-state index in [0.29, 0.717) is 6.54 Å². The molecule has 2 N–H and O–H groups in total. The van der Waals surface area contributed by atoms with Crippen LogP contribution in [-0.2, 0) is 6.18 Å². The van der Waals surface area contributed by atoms with Crippen molar-refractivity contribution in [3.63, 3.8) is 0 Å². The highest BCUT2D eigenvalue weighted by Crippen LogP contribution is 2.30. The van der Waals surface area contributed by atoms with Crippen LogP contribution in [0.25, 0.3) is 0 Å². The molecule has 1 atom stereocenters. The SMILES string of the molecule is CCNc1nc(NC2CCSC2)cc(C(F)(F)F)n1. The van der Waals surface area contributed by atoms with Gasteiger partial charge in [-0.05, 0) is 19.1 Å². The number of hydrogen-bond donors (Lipinski definition) is 2. The Bertz CT molecular complexity index is 432. The predicted octanol–water partition coefficient (Wildman–Crippen LogP) is 2.84. The number of nitrogens with one attached hydrogen (secondary N) is 2. The highest BCUT2D eigenvalue weighted by atomic mass is 32.2. The molecule has 2 rings (SSSR count). The van der Waals surface area contributed by atoms with Crippen molar-refractivity contribution in [2.45, 2.75) is 25.6 Å². The number of hydrogen-bond acceptors (Lipinski definition) is 5. The molecule has 0 saturated carbocycles. The lowest BCUT2D eigenvalue weighted by Crippen LogP contribution is -2.21. The molecule has 0 bridgehead atoms. The van der Waals surface area contributed by atoms with Crippen molar-refractivity contribution >= 4 is 23.5 Å². The van der Waals surface area contributed by atoms with Gasteiger partial charge in [0.2, 0.25) is 5.95 Å². The highest BCUT2D eigenvalue weighted by Gasteiger charge is 2.34. The van der Waals surface area contributed by atoms with Gasteiger partial charge in [-0.1, -0.05) is 0 Å². The van der Waals surface area contributed by atoms with Crippen molar-refractivity contribution in [2.75, 3.05) is 28.7 Å². The average Bonchev–Trinajstić information content (AvgIpc) is 2.81. The van der Waals surface area contributed by atoms with Crippen LogP contribution in [-0.4, -0.2) is 34.1 Å². The smallest absolute Gasteiger partial charge is 0.366 e. The molecule has 1 unspecified atom stereocenters. The van der Waals surface area contributed by atoms with E-state index >= 15 is 0 Å². The van der Waals surface area contributed by atoms with Crippen molar-refractivity contribution in [2.24, 2.45) is 0 Å². The Morgan fingerprint density at radius 3 is 2.79 bits per heavy atom. The van der Waals surface area contributed by atoms with Crippen molar-refractivity contribution < 1.29 is 13.2 Å². The number of nitrogens with zero attached hydrogens (tertiary/aromatic N) is 2. The van der Waals surface area contributed by atoms with E-state index in [2.05, 4.69) is 20.6 Å². The Labute approximate surface area is 113 Å². The third-order valence-electron chi connectivity index (χ3n) is 2.63. The summed E-state index contributed by atoms with van der Waals surface area (Å²) in [4.78, 5) is 7.53. The van der Waals surface area contributed by atoms with E-state index in [4.69, 9.17) is 0 Å². The first-order valence-electron chi connectivity index (χ1n) is 6.03. The molecule has 1 fully saturated rings. The average molecular weight is 292 g/mol. The minimum absolute atomic E-state index is 0.00507. The summed E-state index contributed by atoms with van der Waals surface area (Å²) in [5.74, 6) is 2.15. The van der Waals surface area contributed by atoms with Crippen LogP contribution in [0.15, 0.2) is 6.07 Å². The van der Waals surface area contributed by atoms with Crippen LogP contribution >= 0.6 is 11.8 Å². The quantitative estimate of drug-likeness (QED) is 0.893. The molecular weight excluding hydrogens is 277 g/mol. The zero-order chi connectivity index (χ0) is 13.9. The first-order valence-corrected chi connectivity index (χ1v) is 7.19. The van der Waals surface area contributed by atoms with E-state index in [1.165, 1.54) is 0 Å². The zero-order valence-corrected chi connectivity index (χ0v) is 11.2. The van der Waals surface area contributed by atoms with Crippen molar-refractivity contribution in [3.8, 4) is 0 Å². The van der Waals surface area contributed by atoms with Crippen LogP contribution in [0.3, 0.4) is 0 Å². The maximum absolute atomic E-state index is 12.8. The number of halogens is 3. The number of aromatic nitrogens is 2. The Balaban J connectivity index is 2.22. The summed E-state index contributed by atoms with van der Waals surface area (Å²) >= 11 is 1.78. The number of rotatable bonds is 4. The Morgan fingerprint density at radius 2 is 2.21 bits per heavy atom. The van der Waals surface area contributed by atoms with Crippen molar-refractivity contribution in [1.29, 1.82) is 0 Å². The summed E-state index contributed by atoms with van der Waals surface area (Å²) in [7, 11) is 0. The van der Waals surface area contributed by atoms with Crippen LogP contribution in [0.4, 0.5) is 24.9 Å².